The number of nitro benzene ring substituents is 1. The lowest BCUT2D eigenvalue weighted by atomic mass is 9.95. The Morgan fingerprint density at radius 2 is 1.74 bits per heavy atom. The van der Waals surface area contributed by atoms with Crippen molar-refractivity contribution in [1.82, 2.24) is 4.90 Å². The number of aromatic hydroxyl groups is 1. The fraction of sp³-hybridized carbons (Fsp3) is 0.250. The van der Waals surface area contributed by atoms with Gasteiger partial charge in [0.25, 0.3) is 5.69 Å². The van der Waals surface area contributed by atoms with Gasteiger partial charge in [0.1, 0.15) is 16.9 Å². The van der Waals surface area contributed by atoms with Crippen LogP contribution in [0.25, 0.3) is 11.0 Å². The monoisotopic (exact) mass is 366 g/mol. The first kappa shape index (κ1) is 17.2. The predicted octanol–water partition coefficient (Wildman–Crippen LogP) is 3.59. The first-order chi connectivity index (χ1) is 13.1. The number of hydrogen-bond acceptors (Lipinski definition) is 6. The standard InChI is InChI=1S/C20H18N2O5/c23-19-14-8-2-4-10-16(14)27-20(24)17(19)18(21-11-5-6-12-21)13-7-1-3-9-15(13)22(25)26/h1-4,7-10,18,23H,5-6,11-12H2. The number of para-hydroxylation sites is 2. The molecule has 2 heterocycles. The molecule has 1 aromatic heterocycles. The molecule has 1 N–H and O–H groups in total. The van der Waals surface area contributed by atoms with E-state index in [0.29, 0.717) is 24.0 Å². The van der Waals surface area contributed by atoms with E-state index in [9.17, 15) is 20.0 Å². The molecule has 2 aromatic carbocycles. The van der Waals surface area contributed by atoms with Crippen LogP contribution in [0.5, 0.6) is 5.75 Å². The van der Waals surface area contributed by atoms with Crippen molar-refractivity contribution in [3.8, 4) is 5.75 Å². The van der Waals surface area contributed by atoms with Crippen molar-refractivity contribution in [3.05, 3.63) is 80.2 Å². The Kier molecular flexibility index (Phi) is 4.37. The number of hydrogen-bond donors (Lipinski definition) is 1. The smallest absolute Gasteiger partial charge is 0.345 e. The summed E-state index contributed by atoms with van der Waals surface area (Å²) in [7, 11) is 0. The zero-order valence-corrected chi connectivity index (χ0v) is 14.5. The fourth-order valence-electron chi connectivity index (χ4n) is 3.81. The van der Waals surface area contributed by atoms with Crippen LogP contribution in [0.2, 0.25) is 0 Å². The number of likely N-dealkylation sites (tertiary alicyclic amines) is 1. The van der Waals surface area contributed by atoms with Crippen molar-refractivity contribution in [2.75, 3.05) is 13.1 Å². The third-order valence-corrected chi connectivity index (χ3v) is 5.03. The van der Waals surface area contributed by atoms with Gasteiger partial charge in [0.05, 0.1) is 21.9 Å². The summed E-state index contributed by atoms with van der Waals surface area (Å²) >= 11 is 0. The molecule has 1 saturated heterocycles. The van der Waals surface area contributed by atoms with Gasteiger partial charge >= 0.3 is 5.63 Å². The number of rotatable bonds is 4. The number of fused-ring (bicyclic) bond motifs is 1. The molecular formula is C20H18N2O5. The molecule has 0 saturated carbocycles. The minimum absolute atomic E-state index is 0.0462. The van der Waals surface area contributed by atoms with Crippen molar-refractivity contribution in [2.45, 2.75) is 18.9 Å². The Hall–Kier alpha value is -3.19. The van der Waals surface area contributed by atoms with Gasteiger partial charge in [-0.3, -0.25) is 15.0 Å². The quantitative estimate of drug-likeness (QED) is 0.430. The van der Waals surface area contributed by atoms with Crippen molar-refractivity contribution in [2.24, 2.45) is 0 Å². The minimum atomic E-state index is -0.741. The van der Waals surface area contributed by atoms with Crippen molar-refractivity contribution < 1.29 is 14.4 Å². The average molecular weight is 366 g/mol. The molecule has 0 aliphatic carbocycles. The molecule has 1 unspecified atom stereocenters. The normalized spacial score (nSPS) is 15.9. The van der Waals surface area contributed by atoms with Crippen LogP contribution in [-0.2, 0) is 0 Å². The van der Waals surface area contributed by atoms with E-state index in [2.05, 4.69) is 0 Å². The molecule has 1 fully saturated rings. The number of nitro groups is 1. The van der Waals surface area contributed by atoms with E-state index in [-0.39, 0.29) is 22.6 Å². The van der Waals surface area contributed by atoms with Gasteiger partial charge in [0.15, 0.2) is 0 Å². The second kappa shape index (κ2) is 6.85. The summed E-state index contributed by atoms with van der Waals surface area (Å²) in [5.74, 6) is -0.183. The summed E-state index contributed by atoms with van der Waals surface area (Å²) in [5.41, 5.74) is -0.0544. The van der Waals surface area contributed by atoms with Gasteiger partial charge in [-0.2, -0.15) is 0 Å². The highest BCUT2D eigenvalue weighted by molar-refractivity contribution is 5.84. The molecule has 1 aliphatic heterocycles. The molecular weight excluding hydrogens is 348 g/mol. The highest BCUT2D eigenvalue weighted by atomic mass is 16.6. The molecule has 3 aromatic rings. The SMILES string of the molecule is O=c1oc2ccccc2c(O)c1C(c1ccccc1[N+](=O)[O-])N1CCCC1. The fourth-order valence-corrected chi connectivity index (χ4v) is 3.81. The van der Waals surface area contributed by atoms with E-state index in [4.69, 9.17) is 4.42 Å². The molecule has 27 heavy (non-hydrogen) atoms. The first-order valence-corrected chi connectivity index (χ1v) is 8.80. The van der Waals surface area contributed by atoms with Crippen LogP contribution in [0.3, 0.4) is 0 Å². The Bertz CT molecular complexity index is 1070. The van der Waals surface area contributed by atoms with E-state index in [1.54, 1.807) is 42.5 Å². The summed E-state index contributed by atoms with van der Waals surface area (Å²) in [6.07, 6.45) is 1.85. The maximum atomic E-state index is 12.8. The van der Waals surface area contributed by atoms with Crippen LogP contribution in [-0.4, -0.2) is 28.0 Å². The lowest BCUT2D eigenvalue weighted by Crippen LogP contribution is -2.31. The van der Waals surface area contributed by atoms with E-state index >= 15 is 0 Å². The highest BCUT2D eigenvalue weighted by Gasteiger charge is 2.35. The zero-order valence-electron chi connectivity index (χ0n) is 14.5. The van der Waals surface area contributed by atoms with Crippen LogP contribution in [0.1, 0.15) is 30.0 Å². The summed E-state index contributed by atoms with van der Waals surface area (Å²) < 4.78 is 5.42. The van der Waals surface area contributed by atoms with Gasteiger partial charge in [-0.25, -0.2) is 4.79 Å². The summed E-state index contributed by atoms with van der Waals surface area (Å²) in [6, 6.07) is 12.3. The molecule has 7 heteroatoms. The van der Waals surface area contributed by atoms with Crippen LogP contribution in [0.4, 0.5) is 5.69 Å². The zero-order chi connectivity index (χ0) is 19.0. The van der Waals surface area contributed by atoms with Gasteiger partial charge in [-0.15, -0.1) is 0 Å². The largest absolute Gasteiger partial charge is 0.507 e. The number of benzene rings is 2. The van der Waals surface area contributed by atoms with E-state index in [1.807, 2.05) is 4.90 Å². The second-order valence-corrected chi connectivity index (χ2v) is 6.61. The molecule has 138 valence electrons. The molecule has 4 rings (SSSR count). The maximum Gasteiger partial charge on any atom is 0.345 e. The Morgan fingerprint density at radius 1 is 1.07 bits per heavy atom. The average Bonchev–Trinajstić information content (AvgIpc) is 3.19. The van der Waals surface area contributed by atoms with E-state index < -0.39 is 16.6 Å². The van der Waals surface area contributed by atoms with Gasteiger partial charge in [0.2, 0.25) is 0 Å². The Balaban J connectivity index is 2.00. The Labute approximate surface area is 154 Å². The van der Waals surface area contributed by atoms with Gasteiger partial charge in [-0.05, 0) is 38.1 Å². The second-order valence-electron chi connectivity index (χ2n) is 6.61. The van der Waals surface area contributed by atoms with Crippen molar-refractivity contribution in [3.63, 3.8) is 0 Å². The van der Waals surface area contributed by atoms with Gasteiger partial charge < -0.3 is 9.52 Å². The summed E-state index contributed by atoms with van der Waals surface area (Å²) in [6.45, 7) is 1.37. The first-order valence-electron chi connectivity index (χ1n) is 8.80. The highest BCUT2D eigenvalue weighted by Crippen LogP contribution is 2.40. The van der Waals surface area contributed by atoms with E-state index in [0.717, 1.165) is 12.8 Å². The summed E-state index contributed by atoms with van der Waals surface area (Å²) in [4.78, 5) is 25.9. The molecule has 0 radical (unpaired) electrons. The van der Waals surface area contributed by atoms with Crippen molar-refractivity contribution >= 4 is 16.7 Å². The minimum Gasteiger partial charge on any atom is -0.507 e. The van der Waals surface area contributed by atoms with E-state index in [1.165, 1.54) is 6.07 Å². The van der Waals surface area contributed by atoms with Crippen LogP contribution >= 0.6 is 0 Å². The van der Waals surface area contributed by atoms with Crippen LogP contribution in [0, 0.1) is 10.1 Å². The third-order valence-electron chi connectivity index (χ3n) is 5.03. The molecule has 0 spiro atoms. The summed E-state index contributed by atoms with van der Waals surface area (Å²) in [5, 5.41) is 22.9. The van der Waals surface area contributed by atoms with Crippen molar-refractivity contribution in [1.29, 1.82) is 0 Å². The molecule has 0 bridgehead atoms. The molecule has 7 nitrogen and oxygen atoms in total. The molecule has 0 amide bonds. The Morgan fingerprint density at radius 3 is 2.48 bits per heavy atom. The lowest BCUT2D eigenvalue weighted by Gasteiger charge is -2.27. The predicted molar refractivity (Wildman–Crippen MR) is 99.9 cm³/mol. The van der Waals surface area contributed by atoms with Crippen LogP contribution < -0.4 is 5.63 Å². The molecule has 1 atom stereocenters. The van der Waals surface area contributed by atoms with Gasteiger partial charge in [-0.1, -0.05) is 30.3 Å². The lowest BCUT2D eigenvalue weighted by molar-refractivity contribution is -0.385. The van der Waals surface area contributed by atoms with Gasteiger partial charge in [0, 0.05) is 6.07 Å². The third kappa shape index (κ3) is 2.96. The van der Waals surface area contributed by atoms with Crippen LogP contribution in [0.15, 0.2) is 57.7 Å². The number of nitrogens with zero attached hydrogens (tertiary/aromatic N) is 2. The molecule has 1 aliphatic rings. The maximum absolute atomic E-state index is 12.8. The topological polar surface area (TPSA) is 96.8 Å².